The van der Waals surface area contributed by atoms with Crippen molar-refractivity contribution in [1.29, 1.82) is 0 Å². The second kappa shape index (κ2) is 16.2. The summed E-state index contributed by atoms with van der Waals surface area (Å²) in [4.78, 5) is 48.2. The van der Waals surface area contributed by atoms with Crippen LogP contribution in [0.2, 0.25) is 0 Å². The summed E-state index contributed by atoms with van der Waals surface area (Å²) < 4.78 is 75.2. The van der Waals surface area contributed by atoms with E-state index in [1.165, 1.54) is 36.5 Å². The number of pyridine rings is 2. The molecule has 0 saturated carbocycles. The predicted octanol–water partition coefficient (Wildman–Crippen LogP) is 9.08. The number of amides is 2. The first kappa shape index (κ1) is 39.5. The van der Waals surface area contributed by atoms with Gasteiger partial charge in [-0.25, -0.2) is 13.6 Å². The van der Waals surface area contributed by atoms with Crippen molar-refractivity contribution < 1.29 is 36.3 Å². The van der Waals surface area contributed by atoms with E-state index in [0.717, 1.165) is 35.5 Å². The molecule has 8 nitrogen and oxygen atoms in total. The summed E-state index contributed by atoms with van der Waals surface area (Å²) in [5.41, 5.74) is 0.899. The van der Waals surface area contributed by atoms with E-state index in [1.54, 1.807) is 59.4 Å². The maximum atomic E-state index is 14.6. The maximum absolute atomic E-state index is 14.6. The van der Waals surface area contributed by atoms with Crippen molar-refractivity contribution in [2.45, 2.75) is 75.3 Å². The average molecular weight is 779 g/mol. The molecule has 1 fully saturated rings. The predicted molar refractivity (Wildman–Crippen MR) is 200 cm³/mol. The van der Waals surface area contributed by atoms with Crippen molar-refractivity contribution >= 4 is 34.8 Å². The molecule has 288 valence electrons. The first-order valence-corrected chi connectivity index (χ1v) is 18.6. The number of piperidine rings is 1. The number of nitrogens with zero attached hydrogens (tertiary/aromatic N) is 4. The number of alkyl halides is 3. The van der Waals surface area contributed by atoms with Crippen molar-refractivity contribution in [3.05, 3.63) is 130 Å². The van der Waals surface area contributed by atoms with Crippen LogP contribution in [0.3, 0.4) is 0 Å². The van der Waals surface area contributed by atoms with E-state index >= 15 is 0 Å². The molecule has 0 atom stereocenters. The van der Waals surface area contributed by atoms with Crippen molar-refractivity contribution in [3.8, 4) is 11.1 Å². The molecule has 0 unspecified atom stereocenters. The number of hydrogen-bond donors (Lipinski definition) is 0. The monoisotopic (exact) mass is 778 g/mol. The van der Waals surface area contributed by atoms with Gasteiger partial charge in [-0.2, -0.15) is 13.2 Å². The Morgan fingerprint density at radius 1 is 0.909 bits per heavy atom. The molecule has 0 N–H and O–H groups in total. The molecule has 14 heteroatoms. The topological polar surface area (TPSA) is 84.7 Å². The van der Waals surface area contributed by atoms with Gasteiger partial charge in [-0.15, -0.1) is 11.8 Å². The second-order valence-corrected chi connectivity index (χ2v) is 15.3. The minimum absolute atomic E-state index is 0.0128. The first-order chi connectivity index (χ1) is 26.1. The molecule has 0 bridgehead atoms. The van der Waals surface area contributed by atoms with Crippen molar-refractivity contribution in [2.75, 3.05) is 13.1 Å². The molecule has 5 aromatic rings. The Morgan fingerprint density at radius 3 is 2.20 bits per heavy atom. The van der Waals surface area contributed by atoms with Gasteiger partial charge in [-0.1, -0.05) is 48.5 Å². The molecule has 0 aliphatic carbocycles. The van der Waals surface area contributed by atoms with Crippen LogP contribution in [0.15, 0.2) is 101 Å². The Morgan fingerprint density at radius 2 is 1.56 bits per heavy atom. The average Bonchev–Trinajstić information content (AvgIpc) is 3.15. The normalized spacial score (nSPS) is 13.9. The van der Waals surface area contributed by atoms with E-state index in [9.17, 15) is 36.3 Å². The minimum atomic E-state index is -4.45. The molecule has 2 amide bonds. The number of benzene rings is 3. The summed E-state index contributed by atoms with van der Waals surface area (Å²) in [5, 5.41) is 0.364. The Balaban J connectivity index is 1.29. The molecule has 3 aromatic carbocycles. The van der Waals surface area contributed by atoms with Crippen molar-refractivity contribution in [1.82, 2.24) is 19.4 Å². The molecule has 0 radical (unpaired) electrons. The van der Waals surface area contributed by atoms with Gasteiger partial charge in [0.1, 0.15) is 17.7 Å². The van der Waals surface area contributed by atoms with Crippen LogP contribution in [0.1, 0.15) is 50.3 Å². The first-order valence-electron chi connectivity index (χ1n) is 17.7. The van der Waals surface area contributed by atoms with Gasteiger partial charge < -0.3 is 19.1 Å². The Kier molecular flexibility index (Phi) is 11.6. The lowest BCUT2D eigenvalue weighted by molar-refractivity contribution is -0.138. The third-order valence-electron chi connectivity index (χ3n) is 9.26. The van der Waals surface area contributed by atoms with Crippen LogP contribution in [-0.4, -0.2) is 56.1 Å². The van der Waals surface area contributed by atoms with Crippen molar-refractivity contribution in [2.24, 2.45) is 0 Å². The second-order valence-electron chi connectivity index (χ2n) is 14.3. The smallest absolute Gasteiger partial charge is 0.416 e. The van der Waals surface area contributed by atoms with Gasteiger partial charge in [0.25, 0.3) is 0 Å². The minimum Gasteiger partial charge on any atom is -0.444 e. The molecular formula is C41H39F5N4O4S. The van der Waals surface area contributed by atoms with Gasteiger partial charge in [0.05, 0.1) is 16.1 Å². The summed E-state index contributed by atoms with van der Waals surface area (Å²) in [5.74, 6) is -2.29. The Hall–Kier alpha value is -5.24. The Bertz CT molecular complexity index is 2230. The van der Waals surface area contributed by atoms with Crippen LogP contribution in [0.25, 0.3) is 22.2 Å². The number of rotatable bonds is 9. The van der Waals surface area contributed by atoms with Crippen LogP contribution >= 0.6 is 11.8 Å². The van der Waals surface area contributed by atoms with E-state index < -0.39 is 35.1 Å². The lowest BCUT2D eigenvalue weighted by atomic mass is 10.00. The van der Waals surface area contributed by atoms with Crippen LogP contribution in [0, 0.1) is 11.6 Å². The number of halogens is 5. The highest BCUT2D eigenvalue weighted by atomic mass is 32.2. The summed E-state index contributed by atoms with van der Waals surface area (Å²) in [7, 11) is 0. The SMILES string of the molecule is CC(C)(C)OC(=O)N1CCC(N(Cc2ccc(-c3ccc(C(F)(F)F)cc3)cc2)C(=O)Cn2c(SCc3cccc(F)c3F)cc(=O)c3ncccc32)CC1. The molecule has 2 aromatic heterocycles. The largest absolute Gasteiger partial charge is 0.444 e. The van der Waals surface area contributed by atoms with Crippen LogP contribution in [0.5, 0.6) is 0 Å². The van der Waals surface area contributed by atoms with E-state index in [-0.39, 0.29) is 47.3 Å². The number of likely N-dealkylation sites (tertiary alicyclic amines) is 1. The van der Waals surface area contributed by atoms with E-state index in [1.807, 2.05) is 12.1 Å². The highest BCUT2D eigenvalue weighted by Gasteiger charge is 2.33. The lowest BCUT2D eigenvalue weighted by Crippen LogP contribution is -2.50. The van der Waals surface area contributed by atoms with E-state index in [2.05, 4.69) is 4.98 Å². The molecule has 0 spiro atoms. The van der Waals surface area contributed by atoms with Gasteiger partial charge in [0, 0.05) is 49.3 Å². The quantitative estimate of drug-likeness (QED) is 0.110. The molecular weight excluding hydrogens is 740 g/mol. The van der Waals surface area contributed by atoms with Crippen molar-refractivity contribution in [3.63, 3.8) is 0 Å². The fourth-order valence-corrected chi connectivity index (χ4v) is 7.50. The summed E-state index contributed by atoms with van der Waals surface area (Å²) >= 11 is 1.09. The number of ether oxygens (including phenoxy) is 1. The van der Waals surface area contributed by atoms with Crippen LogP contribution in [-0.2, 0) is 34.6 Å². The molecule has 6 rings (SSSR count). The zero-order chi connectivity index (χ0) is 39.5. The molecule has 55 heavy (non-hydrogen) atoms. The fourth-order valence-electron chi connectivity index (χ4n) is 6.46. The van der Waals surface area contributed by atoms with E-state index in [4.69, 9.17) is 4.74 Å². The molecule has 1 aliphatic heterocycles. The van der Waals surface area contributed by atoms with Gasteiger partial charge in [-0.3, -0.25) is 14.6 Å². The number of carbonyl (C=O) groups is 2. The number of carbonyl (C=O) groups excluding carboxylic acids is 2. The third-order valence-corrected chi connectivity index (χ3v) is 10.4. The highest BCUT2D eigenvalue weighted by Crippen LogP contribution is 2.32. The highest BCUT2D eigenvalue weighted by molar-refractivity contribution is 7.98. The zero-order valence-corrected chi connectivity index (χ0v) is 31.2. The summed E-state index contributed by atoms with van der Waals surface area (Å²) in [6.45, 7) is 6.03. The number of hydrogen-bond acceptors (Lipinski definition) is 6. The van der Waals surface area contributed by atoms with Crippen LogP contribution in [0.4, 0.5) is 26.7 Å². The number of fused-ring (bicyclic) bond motifs is 1. The summed E-state index contributed by atoms with van der Waals surface area (Å²) in [6, 6.07) is 20.3. The van der Waals surface area contributed by atoms with E-state index in [0.29, 0.717) is 47.6 Å². The lowest BCUT2D eigenvalue weighted by Gasteiger charge is -2.39. The van der Waals surface area contributed by atoms with Gasteiger partial charge in [0.2, 0.25) is 11.3 Å². The summed E-state index contributed by atoms with van der Waals surface area (Å²) in [6.07, 6.45) is -2.49. The number of aromatic nitrogens is 2. The van der Waals surface area contributed by atoms with Gasteiger partial charge >= 0.3 is 12.3 Å². The zero-order valence-electron chi connectivity index (χ0n) is 30.4. The molecule has 3 heterocycles. The third kappa shape index (κ3) is 9.53. The fraction of sp³-hybridized carbons (Fsp3) is 0.317. The Labute approximate surface area is 318 Å². The van der Waals surface area contributed by atoms with Crippen LogP contribution < -0.4 is 5.43 Å². The number of thioether (sulfide) groups is 1. The molecule has 1 aliphatic rings. The standard InChI is InChI=1S/C41H39F5N4O4S/c1-40(2,3)54-39(53)48-20-17-31(18-21-48)49(23-26-9-11-27(12-10-26)28-13-15-30(16-14-28)41(44,45)46)35(52)24-50-33-8-5-19-47-38(33)34(51)22-36(50)55-25-29-6-4-7-32(42)37(29)43/h4-16,19,22,31H,17-18,20-21,23-25H2,1-3H3. The van der Waals surface area contributed by atoms with Gasteiger partial charge in [0.15, 0.2) is 11.6 Å². The van der Waals surface area contributed by atoms with Gasteiger partial charge in [-0.05, 0) is 80.6 Å². The maximum Gasteiger partial charge on any atom is 0.416 e. The molecule has 1 saturated heterocycles.